The number of nitrogens with zero attached hydrogens (tertiary/aromatic N) is 1. The molecule has 19 heavy (non-hydrogen) atoms. The van der Waals surface area contributed by atoms with E-state index in [1.807, 2.05) is 30.3 Å². The second kappa shape index (κ2) is 5.83. The molecule has 0 atom stereocenters. The molecule has 94 valence electrons. The fraction of sp³-hybridized carbons (Fsp3) is 0.125. The van der Waals surface area contributed by atoms with E-state index in [2.05, 4.69) is 36.5 Å². The lowest BCUT2D eigenvalue weighted by Crippen LogP contribution is -2.09. The molecule has 0 aliphatic heterocycles. The summed E-state index contributed by atoms with van der Waals surface area (Å²) in [6, 6.07) is 17.7. The predicted molar refractivity (Wildman–Crippen MR) is 75.5 cm³/mol. The summed E-state index contributed by atoms with van der Waals surface area (Å²) in [6.45, 7) is 2.05. The molecule has 0 bridgehead atoms. The van der Waals surface area contributed by atoms with Gasteiger partial charge in [-0.15, -0.1) is 0 Å². The molecule has 0 radical (unpaired) electrons. The van der Waals surface area contributed by atoms with Gasteiger partial charge in [-0.3, -0.25) is 4.79 Å². The van der Waals surface area contributed by atoms with E-state index in [1.54, 1.807) is 0 Å². The van der Waals surface area contributed by atoms with Gasteiger partial charge in [0.1, 0.15) is 6.42 Å². The van der Waals surface area contributed by atoms with Crippen LogP contribution < -0.4 is 5.32 Å². The number of carbonyl (C=O) groups is 1. The smallest absolute Gasteiger partial charge is 0.238 e. The maximum absolute atomic E-state index is 11.3. The maximum atomic E-state index is 11.3. The fourth-order valence-electron chi connectivity index (χ4n) is 1.77. The first kappa shape index (κ1) is 12.8. The highest BCUT2D eigenvalue weighted by molar-refractivity contribution is 5.92. The minimum absolute atomic E-state index is 0.125. The number of rotatable bonds is 3. The van der Waals surface area contributed by atoms with E-state index in [1.165, 1.54) is 5.56 Å². The van der Waals surface area contributed by atoms with Crippen molar-refractivity contribution in [2.45, 2.75) is 13.3 Å². The summed E-state index contributed by atoms with van der Waals surface area (Å²) < 4.78 is 0. The molecular weight excluding hydrogens is 236 g/mol. The van der Waals surface area contributed by atoms with Gasteiger partial charge in [-0.1, -0.05) is 42.0 Å². The number of nitriles is 1. The lowest BCUT2D eigenvalue weighted by Gasteiger charge is -2.05. The van der Waals surface area contributed by atoms with E-state index in [-0.39, 0.29) is 12.3 Å². The van der Waals surface area contributed by atoms with Crippen LogP contribution in [0.25, 0.3) is 11.1 Å². The van der Waals surface area contributed by atoms with Crippen molar-refractivity contribution in [1.82, 2.24) is 0 Å². The van der Waals surface area contributed by atoms with Gasteiger partial charge < -0.3 is 5.32 Å². The first-order valence-electron chi connectivity index (χ1n) is 6.03. The Kier molecular flexibility index (Phi) is 3.94. The summed E-state index contributed by atoms with van der Waals surface area (Å²) in [5.41, 5.74) is 4.17. The highest BCUT2D eigenvalue weighted by Gasteiger charge is 2.02. The van der Waals surface area contributed by atoms with Crippen molar-refractivity contribution >= 4 is 11.6 Å². The first-order chi connectivity index (χ1) is 9.19. The molecule has 0 aromatic heterocycles. The Hall–Kier alpha value is -2.60. The minimum Gasteiger partial charge on any atom is -0.325 e. The van der Waals surface area contributed by atoms with E-state index in [9.17, 15) is 4.79 Å². The number of amides is 1. The van der Waals surface area contributed by atoms with Crippen molar-refractivity contribution in [3.05, 3.63) is 54.1 Å². The summed E-state index contributed by atoms with van der Waals surface area (Å²) in [5, 5.41) is 11.1. The lowest BCUT2D eigenvalue weighted by molar-refractivity contribution is -0.115. The van der Waals surface area contributed by atoms with E-state index < -0.39 is 0 Å². The molecule has 2 aromatic rings. The second-order valence-corrected chi connectivity index (χ2v) is 4.33. The summed E-state index contributed by atoms with van der Waals surface area (Å²) in [6.07, 6.45) is -0.125. The lowest BCUT2D eigenvalue weighted by atomic mass is 10.0. The highest BCUT2D eigenvalue weighted by Crippen LogP contribution is 2.21. The first-order valence-corrected chi connectivity index (χ1v) is 6.03. The molecule has 0 unspecified atom stereocenters. The van der Waals surface area contributed by atoms with Crippen LogP contribution >= 0.6 is 0 Å². The van der Waals surface area contributed by atoms with Crippen LogP contribution in [0.3, 0.4) is 0 Å². The van der Waals surface area contributed by atoms with Gasteiger partial charge in [0.15, 0.2) is 0 Å². The van der Waals surface area contributed by atoms with Crippen LogP contribution in [0.2, 0.25) is 0 Å². The normalized spacial score (nSPS) is 9.68. The number of carbonyl (C=O) groups excluding carboxylic acids is 1. The topological polar surface area (TPSA) is 52.9 Å². The van der Waals surface area contributed by atoms with Gasteiger partial charge in [-0.2, -0.15) is 5.26 Å². The largest absolute Gasteiger partial charge is 0.325 e. The average Bonchev–Trinajstić information content (AvgIpc) is 2.41. The molecule has 0 aliphatic rings. The number of nitrogens with one attached hydrogen (secondary N) is 1. The quantitative estimate of drug-likeness (QED) is 0.906. The van der Waals surface area contributed by atoms with Crippen LogP contribution in [0, 0.1) is 18.3 Å². The molecule has 1 amide bonds. The summed E-state index contributed by atoms with van der Waals surface area (Å²) in [7, 11) is 0. The van der Waals surface area contributed by atoms with Crippen LogP contribution in [0.5, 0.6) is 0 Å². The Balaban J connectivity index is 2.12. The molecule has 3 heteroatoms. The molecule has 3 nitrogen and oxygen atoms in total. The maximum Gasteiger partial charge on any atom is 0.238 e. The van der Waals surface area contributed by atoms with Gasteiger partial charge in [0, 0.05) is 5.69 Å². The van der Waals surface area contributed by atoms with Crippen LogP contribution in [0.1, 0.15) is 12.0 Å². The zero-order valence-corrected chi connectivity index (χ0v) is 10.7. The van der Waals surface area contributed by atoms with Gasteiger partial charge in [0.05, 0.1) is 6.07 Å². The summed E-state index contributed by atoms with van der Waals surface area (Å²) in [5.74, 6) is -0.286. The molecule has 2 aromatic carbocycles. The van der Waals surface area contributed by atoms with Crippen LogP contribution in [0.4, 0.5) is 5.69 Å². The molecule has 2 rings (SSSR count). The van der Waals surface area contributed by atoms with E-state index in [0.29, 0.717) is 5.69 Å². The van der Waals surface area contributed by atoms with Crippen molar-refractivity contribution in [2.24, 2.45) is 0 Å². The van der Waals surface area contributed by atoms with Crippen molar-refractivity contribution < 1.29 is 4.79 Å². The molecule has 0 spiro atoms. The van der Waals surface area contributed by atoms with Crippen LogP contribution in [0.15, 0.2) is 48.5 Å². The monoisotopic (exact) mass is 250 g/mol. The molecule has 1 N–H and O–H groups in total. The second-order valence-electron chi connectivity index (χ2n) is 4.33. The van der Waals surface area contributed by atoms with Gasteiger partial charge >= 0.3 is 0 Å². The predicted octanol–water partition coefficient (Wildman–Crippen LogP) is 3.51. The summed E-state index contributed by atoms with van der Waals surface area (Å²) in [4.78, 5) is 11.3. The Bertz CT molecular complexity index is 607. The number of hydrogen-bond acceptors (Lipinski definition) is 2. The van der Waals surface area contributed by atoms with Crippen molar-refractivity contribution in [2.75, 3.05) is 5.32 Å². The Labute approximate surface area is 112 Å². The molecule has 0 heterocycles. The number of anilines is 1. The van der Waals surface area contributed by atoms with Crippen molar-refractivity contribution in [1.29, 1.82) is 5.26 Å². The standard InChI is InChI=1S/C16H14N2O/c1-12-2-4-13(5-3-12)14-6-8-15(9-7-14)18-16(19)10-11-17/h2-9H,10H2,1H3,(H,18,19). The van der Waals surface area contributed by atoms with Crippen LogP contribution in [-0.2, 0) is 4.79 Å². The fourth-order valence-corrected chi connectivity index (χ4v) is 1.77. The third kappa shape index (κ3) is 3.43. The SMILES string of the molecule is Cc1ccc(-c2ccc(NC(=O)CC#N)cc2)cc1. The van der Waals surface area contributed by atoms with Crippen molar-refractivity contribution in [3.63, 3.8) is 0 Å². The van der Waals surface area contributed by atoms with Crippen molar-refractivity contribution in [3.8, 4) is 17.2 Å². The van der Waals surface area contributed by atoms with Gasteiger partial charge in [0.25, 0.3) is 0 Å². The number of benzene rings is 2. The van der Waals surface area contributed by atoms with E-state index >= 15 is 0 Å². The minimum atomic E-state index is -0.286. The van der Waals surface area contributed by atoms with Crippen LogP contribution in [-0.4, -0.2) is 5.91 Å². The average molecular weight is 250 g/mol. The van der Waals surface area contributed by atoms with Gasteiger partial charge in [-0.25, -0.2) is 0 Å². The molecular formula is C16H14N2O. The molecule has 0 fully saturated rings. The molecule has 0 aliphatic carbocycles. The van der Waals surface area contributed by atoms with E-state index in [4.69, 9.17) is 5.26 Å². The third-order valence-corrected chi connectivity index (χ3v) is 2.79. The Morgan fingerprint density at radius 3 is 2.11 bits per heavy atom. The zero-order chi connectivity index (χ0) is 13.7. The van der Waals surface area contributed by atoms with Gasteiger partial charge in [0.2, 0.25) is 5.91 Å². The third-order valence-electron chi connectivity index (χ3n) is 2.79. The summed E-state index contributed by atoms with van der Waals surface area (Å²) >= 11 is 0. The van der Waals surface area contributed by atoms with E-state index in [0.717, 1.165) is 11.1 Å². The highest BCUT2D eigenvalue weighted by atomic mass is 16.1. The molecule has 0 saturated carbocycles. The Morgan fingerprint density at radius 2 is 1.58 bits per heavy atom. The number of aryl methyl sites for hydroxylation is 1. The Morgan fingerprint density at radius 1 is 1.05 bits per heavy atom. The molecule has 0 saturated heterocycles. The zero-order valence-electron chi connectivity index (χ0n) is 10.7. The number of hydrogen-bond donors (Lipinski definition) is 1. The van der Waals surface area contributed by atoms with Gasteiger partial charge in [-0.05, 0) is 30.2 Å².